The molecule has 1 N–H and O–H groups in total. The third kappa shape index (κ3) is 5.38. The Morgan fingerprint density at radius 2 is 1.91 bits per heavy atom. The highest BCUT2D eigenvalue weighted by Crippen LogP contribution is 2.26. The van der Waals surface area contributed by atoms with E-state index in [0.29, 0.717) is 39.6 Å². The molecule has 0 radical (unpaired) electrons. The number of nitro groups is 1. The molecule has 178 valence electrons. The van der Waals surface area contributed by atoms with Crippen LogP contribution in [0.5, 0.6) is 0 Å². The number of thioether (sulfide) groups is 1. The van der Waals surface area contributed by atoms with Gasteiger partial charge in [-0.15, -0.1) is 0 Å². The van der Waals surface area contributed by atoms with Crippen LogP contribution in [0.2, 0.25) is 0 Å². The van der Waals surface area contributed by atoms with Crippen molar-refractivity contribution in [2.75, 3.05) is 6.54 Å². The van der Waals surface area contributed by atoms with E-state index in [1.807, 2.05) is 6.92 Å². The zero-order valence-electron chi connectivity index (χ0n) is 18.7. The molecule has 3 aromatic carbocycles. The van der Waals surface area contributed by atoms with Crippen LogP contribution in [0.15, 0.2) is 76.7 Å². The molecule has 0 fully saturated rings. The lowest BCUT2D eigenvalue weighted by Crippen LogP contribution is -2.25. The predicted octanol–water partition coefficient (Wildman–Crippen LogP) is 4.87. The Kier molecular flexibility index (Phi) is 7.21. The lowest BCUT2D eigenvalue weighted by molar-refractivity contribution is -0.384. The van der Waals surface area contributed by atoms with Crippen molar-refractivity contribution in [3.8, 4) is 5.69 Å². The van der Waals surface area contributed by atoms with Gasteiger partial charge in [-0.2, -0.15) is 0 Å². The number of non-ortho nitro benzene ring substituents is 1. The first kappa shape index (κ1) is 24.1. The molecule has 4 rings (SSSR count). The quantitative estimate of drug-likeness (QED) is 0.163. The summed E-state index contributed by atoms with van der Waals surface area (Å²) < 4.78 is 15.3. The maximum Gasteiger partial charge on any atom is 0.269 e. The summed E-state index contributed by atoms with van der Waals surface area (Å²) in [7, 11) is 0. The van der Waals surface area contributed by atoms with E-state index in [-0.39, 0.29) is 11.6 Å². The molecule has 35 heavy (non-hydrogen) atoms. The van der Waals surface area contributed by atoms with E-state index in [1.54, 1.807) is 36.4 Å². The standard InChI is InChI=1S/C25H21FN4O4S/c1-2-12-27-23(31)17-8-11-21-22(13-17)28-25(29(24(21)32)20-5-3-4-18(26)14-20)35-15-16-6-9-19(10-7-16)30(33)34/h3-11,13-14H,2,12,15H2,1H3,(H,27,31). The second-order valence-corrected chi connectivity index (χ2v) is 8.66. The third-order valence-corrected chi connectivity index (χ3v) is 6.23. The van der Waals surface area contributed by atoms with Crippen molar-refractivity contribution in [3.63, 3.8) is 0 Å². The maximum atomic E-state index is 14.0. The van der Waals surface area contributed by atoms with E-state index in [9.17, 15) is 24.1 Å². The maximum absolute atomic E-state index is 14.0. The first-order chi connectivity index (χ1) is 16.9. The Balaban J connectivity index is 1.78. The molecular formula is C25H21FN4O4S. The molecular weight excluding hydrogens is 471 g/mol. The van der Waals surface area contributed by atoms with E-state index < -0.39 is 16.3 Å². The van der Waals surface area contributed by atoms with E-state index in [2.05, 4.69) is 10.3 Å². The summed E-state index contributed by atoms with van der Waals surface area (Å²) in [6.07, 6.45) is 0.791. The van der Waals surface area contributed by atoms with Gasteiger partial charge in [-0.05, 0) is 48.4 Å². The summed E-state index contributed by atoms with van der Waals surface area (Å²) in [5, 5.41) is 14.3. The van der Waals surface area contributed by atoms with Crippen LogP contribution >= 0.6 is 11.8 Å². The fourth-order valence-electron chi connectivity index (χ4n) is 3.45. The number of carbonyl (C=O) groups is 1. The zero-order chi connectivity index (χ0) is 24.9. The zero-order valence-corrected chi connectivity index (χ0v) is 19.5. The number of carbonyl (C=O) groups excluding carboxylic acids is 1. The minimum absolute atomic E-state index is 0.0203. The van der Waals surface area contributed by atoms with Crippen LogP contribution in [-0.2, 0) is 5.75 Å². The number of halogens is 1. The Morgan fingerprint density at radius 1 is 1.14 bits per heavy atom. The summed E-state index contributed by atoms with van der Waals surface area (Å²) in [6, 6.07) is 16.4. The minimum atomic E-state index is -0.497. The molecule has 0 saturated heterocycles. The smallest absolute Gasteiger partial charge is 0.269 e. The van der Waals surface area contributed by atoms with Gasteiger partial charge in [0.2, 0.25) is 0 Å². The van der Waals surface area contributed by atoms with Crippen LogP contribution < -0.4 is 10.9 Å². The summed E-state index contributed by atoms with van der Waals surface area (Å²) in [5.74, 6) is -0.393. The third-order valence-electron chi connectivity index (χ3n) is 5.22. The number of nitro benzene ring substituents is 1. The number of hydrogen-bond donors (Lipinski definition) is 1. The molecule has 0 bridgehead atoms. The number of nitrogens with one attached hydrogen (secondary N) is 1. The minimum Gasteiger partial charge on any atom is -0.352 e. The number of nitrogens with zero attached hydrogens (tertiary/aromatic N) is 3. The second kappa shape index (κ2) is 10.5. The number of aromatic nitrogens is 2. The fourth-order valence-corrected chi connectivity index (χ4v) is 4.42. The summed E-state index contributed by atoms with van der Waals surface area (Å²) in [4.78, 5) is 40.9. The van der Waals surface area contributed by atoms with Crippen molar-refractivity contribution < 1.29 is 14.1 Å². The largest absolute Gasteiger partial charge is 0.352 e. The van der Waals surface area contributed by atoms with Gasteiger partial charge < -0.3 is 5.32 Å². The molecule has 0 aliphatic carbocycles. The van der Waals surface area contributed by atoms with E-state index >= 15 is 0 Å². The van der Waals surface area contributed by atoms with Crippen molar-refractivity contribution in [1.29, 1.82) is 0 Å². The number of rotatable bonds is 8. The average molecular weight is 493 g/mol. The van der Waals surface area contributed by atoms with Gasteiger partial charge in [0.25, 0.3) is 17.2 Å². The number of amides is 1. The summed E-state index contributed by atoms with van der Waals surface area (Å²) >= 11 is 1.23. The van der Waals surface area contributed by atoms with Gasteiger partial charge in [0, 0.05) is 30.0 Å². The molecule has 10 heteroatoms. The van der Waals surface area contributed by atoms with E-state index in [1.165, 1.54) is 46.7 Å². The molecule has 0 spiro atoms. The number of hydrogen-bond acceptors (Lipinski definition) is 6. The van der Waals surface area contributed by atoms with Gasteiger partial charge >= 0.3 is 0 Å². The van der Waals surface area contributed by atoms with Crippen molar-refractivity contribution in [1.82, 2.24) is 14.9 Å². The van der Waals surface area contributed by atoms with Crippen LogP contribution in [0.25, 0.3) is 16.6 Å². The summed E-state index contributed by atoms with van der Waals surface area (Å²) in [5.41, 5.74) is 1.42. The van der Waals surface area contributed by atoms with Gasteiger partial charge in [0.05, 0.1) is 21.5 Å². The summed E-state index contributed by atoms with van der Waals surface area (Å²) in [6.45, 7) is 2.48. The average Bonchev–Trinajstić information content (AvgIpc) is 2.86. The lowest BCUT2D eigenvalue weighted by Gasteiger charge is -2.14. The van der Waals surface area contributed by atoms with E-state index in [0.717, 1.165) is 12.0 Å². The van der Waals surface area contributed by atoms with Crippen LogP contribution in [0, 0.1) is 15.9 Å². The van der Waals surface area contributed by atoms with Gasteiger partial charge in [0.1, 0.15) is 5.82 Å². The van der Waals surface area contributed by atoms with Crippen LogP contribution in [0.3, 0.4) is 0 Å². The van der Waals surface area contributed by atoms with Gasteiger partial charge in [-0.3, -0.25) is 24.3 Å². The monoisotopic (exact) mass is 492 g/mol. The van der Waals surface area contributed by atoms with Crippen molar-refractivity contribution in [3.05, 3.63) is 104 Å². The first-order valence-electron chi connectivity index (χ1n) is 10.8. The molecule has 0 aliphatic rings. The Bertz CT molecular complexity index is 1470. The molecule has 0 saturated carbocycles. The molecule has 0 unspecified atom stereocenters. The van der Waals surface area contributed by atoms with Crippen LogP contribution in [0.1, 0.15) is 29.3 Å². The SMILES string of the molecule is CCCNC(=O)c1ccc2c(=O)n(-c3cccc(F)c3)c(SCc3ccc([N+](=O)[O-])cc3)nc2c1. The fraction of sp³-hybridized carbons (Fsp3) is 0.160. The van der Waals surface area contributed by atoms with Crippen LogP contribution in [0.4, 0.5) is 10.1 Å². The Morgan fingerprint density at radius 3 is 2.60 bits per heavy atom. The molecule has 1 heterocycles. The molecule has 1 aromatic heterocycles. The van der Waals surface area contributed by atoms with Crippen molar-refractivity contribution in [2.24, 2.45) is 0 Å². The van der Waals surface area contributed by atoms with Crippen molar-refractivity contribution >= 4 is 34.3 Å². The highest BCUT2D eigenvalue weighted by atomic mass is 32.2. The topological polar surface area (TPSA) is 107 Å². The lowest BCUT2D eigenvalue weighted by atomic mass is 10.1. The van der Waals surface area contributed by atoms with Gasteiger partial charge in [-0.25, -0.2) is 9.37 Å². The van der Waals surface area contributed by atoms with Gasteiger partial charge in [-0.1, -0.05) is 36.9 Å². The van der Waals surface area contributed by atoms with Gasteiger partial charge in [0.15, 0.2) is 5.16 Å². The Hall–Kier alpha value is -4.05. The molecule has 0 atom stereocenters. The number of benzene rings is 3. The van der Waals surface area contributed by atoms with E-state index in [4.69, 9.17) is 0 Å². The second-order valence-electron chi connectivity index (χ2n) is 7.71. The highest BCUT2D eigenvalue weighted by molar-refractivity contribution is 7.98. The first-order valence-corrected chi connectivity index (χ1v) is 11.8. The normalized spacial score (nSPS) is 10.9. The predicted molar refractivity (Wildman–Crippen MR) is 133 cm³/mol. The van der Waals surface area contributed by atoms with Crippen LogP contribution in [-0.4, -0.2) is 26.9 Å². The number of fused-ring (bicyclic) bond motifs is 1. The van der Waals surface area contributed by atoms with Crippen molar-refractivity contribution in [2.45, 2.75) is 24.3 Å². The highest BCUT2D eigenvalue weighted by Gasteiger charge is 2.16. The Labute approximate surface area is 204 Å². The molecule has 1 amide bonds. The molecule has 4 aromatic rings. The molecule has 8 nitrogen and oxygen atoms in total. The molecule has 0 aliphatic heterocycles.